The fourth-order valence-electron chi connectivity index (χ4n) is 1.61. The quantitative estimate of drug-likeness (QED) is 0.751. The molecular weight excluding hydrogens is 232 g/mol. The summed E-state index contributed by atoms with van der Waals surface area (Å²) in [6.45, 7) is 1.97. The van der Waals surface area contributed by atoms with Gasteiger partial charge in [-0.1, -0.05) is 30.3 Å². The Hall–Kier alpha value is -2.01. The van der Waals surface area contributed by atoms with Crippen LogP contribution in [-0.2, 0) is 0 Å². The molecule has 17 heavy (non-hydrogen) atoms. The molecule has 0 bridgehead atoms. The van der Waals surface area contributed by atoms with Crippen molar-refractivity contribution in [1.82, 2.24) is 20.2 Å². The lowest BCUT2D eigenvalue weighted by atomic mass is 10.2. The van der Waals surface area contributed by atoms with E-state index < -0.39 is 0 Å². The summed E-state index contributed by atoms with van der Waals surface area (Å²) in [6.07, 6.45) is 0. The van der Waals surface area contributed by atoms with E-state index >= 15 is 0 Å². The van der Waals surface area contributed by atoms with Crippen LogP contribution in [0.1, 0.15) is 5.69 Å². The molecule has 3 rings (SSSR count). The van der Waals surface area contributed by atoms with E-state index in [2.05, 4.69) is 20.2 Å². The van der Waals surface area contributed by atoms with Gasteiger partial charge in [-0.25, -0.2) is 9.97 Å². The van der Waals surface area contributed by atoms with E-state index in [0.29, 0.717) is 5.82 Å². The summed E-state index contributed by atoms with van der Waals surface area (Å²) in [6, 6.07) is 9.91. The summed E-state index contributed by atoms with van der Waals surface area (Å²) in [5, 5.41) is 7.18. The van der Waals surface area contributed by atoms with Gasteiger partial charge in [-0.05, 0) is 6.92 Å². The topological polar surface area (TPSA) is 54.5 Å². The van der Waals surface area contributed by atoms with E-state index in [-0.39, 0.29) is 0 Å². The first-order valence-corrected chi connectivity index (χ1v) is 6.11. The minimum absolute atomic E-state index is 0.716. The highest BCUT2D eigenvalue weighted by atomic mass is 32.1. The Labute approximate surface area is 102 Å². The fraction of sp³-hybridized carbons (Fsp3) is 0.0833. The second-order valence-corrected chi connectivity index (χ2v) is 4.50. The van der Waals surface area contributed by atoms with Gasteiger partial charge in [0.25, 0.3) is 0 Å². The number of thiazole rings is 1. The molecule has 1 aromatic carbocycles. The third kappa shape index (κ3) is 1.85. The molecule has 0 aliphatic rings. The molecule has 3 aromatic rings. The van der Waals surface area contributed by atoms with E-state index in [9.17, 15) is 0 Å². The van der Waals surface area contributed by atoms with Crippen molar-refractivity contribution < 1.29 is 0 Å². The van der Waals surface area contributed by atoms with Crippen molar-refractivity contribution in [3.8, 4) is 22.1 Å². The molecule has 84 valence electrons. The molecule has 0 spiro atoms. The van der Waals surface area contributed by atoms with E-state index in [1.165, 1.54) is 0 Å². The molecule has 2 heterocycles. The molecule has 0 saturated heterocycles. The van der Waals surface area contributed by atoms with E-state index in [1.54, 1.807) is 11.3 Å². The van der Waals surface area contributed by atoms with E-state index in [0.717, 1.165) is 22.0 Å². The van der Waals surface area contributed by atoms with Crippen LogP contribution in [0.25, 0.3) is 22.1 Å². The smallest absolute Gasteiger partial charge is 0.181 e. The monoisotopic (exact) mass is 242 g/mol. The lowest BCUT2D eigenvalue weighted by Gasteiger charge is -1.92. The minimum Gasteiger partial charge on any atom is -0.258 e. The number of aromatic nitrogens is 4. The molecule has 0 unspecified atom stereocenters. The Bertz CT molecular complexity index is 627. The summed E-state index contributed by atoms with van der Waals surface area (Å²) < 4.78 is 0. The Morgan fingerprint density at radius 2 is 2.00 bits per heavy atom. The minimum atomic E-state index is 0.716. The maximum absolute atomic E-state index is 4.49. The molecule has 1 N–H and O–H groups in total. The SMILES string of the molecule is Cc1ncsc1-c1nc(-c2ccccc2)n[nH]1. The van der Waals surface area contributed by atoms with Crippen molar-refractivity contribution in [2.24, 2.45) is 0 Å². The molecule has 0 fully saturated rings. The highest BCUT2D eigenvalue weighted by Crippen LogP contribution is 2.25. The number of aryl methyl sites for hydroxylation is 1. The van der Waals surface area contributed by atoms with Gasteiger partial charge in [0.05, 0.1) is 16.1 Å². The van der Waals surface area contributed by atoms with Crippen LogP contribution in [0.5, 0.6) is 0 Å². The average Bonchev–Trinajstić information content (AvgIpc) is 2.98. The molecule has 0 amide bonds. The molecule has 2 aromatic heterocycles. The molecule has 0 aliphatic carbocycles. The van der Waals surface area contributed by atoms with Gasteiger partial charge >= 0.3 is 0 Å². The van der Waals surface area contributed by atoms with Crippen molar-refractivity contribution in [3.63, 3.8) is 0 Å². The molecular formula is C12H10N4S. The van der Waals surface area contributed by atoms with Crippen LogP contribution < -0.4 is 0 Å². The third-order valence-corrected chi connectivity index (χ3v) is 3.41. The van der Waals surface area contributed by atoms with Gasteiger partial charge in [-0.15, -0.1) is 11.3 Å². The first-order chi connectivity index (χ1) is 8.34. The van der Waals surface area contributed by atoms with Gasteiger partial charge in [-0.2, -0.15) is 5.10 Å². The summed E-state index contributed by atoms with van der Waals surface area (Å²) in [4.78, 5) is 9.73. The number of hydrogen-bond donors (Lipinski definition) is 1. The number of aromatic amines is 1. The van der Waals surface area contributed by atoms with Crippen molar-refractivity contribution in [1.29, 1.82) is 0 Å². The molecule has 0 radical (unpaired) electrons. The second-order valence-electron chi connectivity index (χ2n) is 3.64. The maximum atomic E-state index is 4.49. The number of nitrogens with zero attached hydrogens (tertiary/aromatic N) is 3. The molecule has 0 aliphatic heterocycles. The zero-order valence-corrected chi connectivity index (χ0v) is 10.0. The summed E-state index contributed by atoms with van der Waals surface area (Å²) in [5.41, 5.74) is 3.80. The highest BCUT2D eigenvalue weighted by Gasteiger charge is 2.11. The van der Waals surface area contributed by atoms with Gasteiger partial charge in [0.15, 0.2) is 11.6 Å². The third-order valence-electron chi connectivity index (χ3n) is 2.48. The normalized spacial score (nSPS) is 10.6. The number of rotatable bonds is 2. The zero-order chi connectivity index (χ0) is 11.7. The van der Waals surface area contributed by atoms with Crippen molar-refractivity contribution >= 4 is 11.3 Å². The van der Waals surface area contributed by atoms with Crippen LogP contribution in [0.3, 0.4) is 0 Å². The lowest BCUT2D eigenvalue weighted by molar-refractivity contribution is 1.10. The molecule has 4 nitrogen and oxygen atoms in total. The van der Waals surface area contributed by atoms with Gasteiger partial charge in [0.2, 0.25) is 0 Å². The number of benzene rings is 1. The van der Waals surface area contributed by atoms with Gasteiger partial charge in [0, 0.05) is 5.56 Å². The Kier molecular flexibility index (Phi) is 2.45. The maximum Gasteiger partial charge on any atom is 0.181 e. The Morgan fingerprint density at radius 1 is 1.18 bits per heavy atom. The van der Waals surface area contributed by atoms with Crippen LogP contribution in [0.15, 0.2) is 35.8 Å². The molecule has 0 atom stereocenters. The summed E-state index contributed by atoms with van der Waals surface area (Å²) in [5.74, 6) is 1.50. The standard InChI is InChI=1S/C12H10N4S/c1-8-10(17-7-13-8)12-14-11(15-16-12)9-5-3-2-4-6-9/h2-7H,1H3,(H,14,15,16). The van der Waals surface area contributed by atoms with Crippen LogP contribution in [0, 0.1) is 6.92 Å². The van der Waals surface area contributed by atoms with Crippen molar-refractivity contribution in [2.75, 3.05) is 0 Å². The van der Waals surface area contributed by atoms with Crippen LogP contribution in [0.2, 0.25) is 0 Å². The lowest BCUT2D eigenvalue weighted by Crippen LogP contribution is -1.81. The Morgan fingerprint density at radius 3 is 2.71 bits per heavy atom. The highest BCUT2D eigenvalue weighted by molar-refractivity contribution is 7.13. The van der Waals surface area contributed by atoms with Crippen LogP contribution >= 0.6 is 11.3 Å². The molecule has 0 saturated carbocycles. The van der Waals surface area contributed by atoms with E-state index in [1.807, 2.05) is 42.8 Å². The zero-order valence-electron chi connectivity index (χ0n) is 9.21. The summed E-state index contributed by atoms with van der Waals surface area (Å²) in [7, 11) is 0. The van der Waals surface area contributed by atoms with Gasteiger partial charge in [0.1, 0.15) is 0 Å². The second kappa shape index (κ2) is 4.10. The first kappa shape index (κ1) is 10.2. The number of H-pyrrole nitrogens is 1. The number of nitrogens with one attached hydrogen (secondary N) is 1. The van der Waals surface area contributed by atoms with Gasteiger partial charge in [-0.3, -0.25) is 5.10 Å². The predicted molar refractivity (Wildman–Crippen MR) is 67.7 cm³/mol. The average molecular weight is 242 g/mol. The summed E-state index contributed by atoms with van der Waals surface area (Å²) >= 11 is 1.57. The predicted octanol–water partition coefficient (Wildman–Crippen LogP) is 2.90. The van der Waals surface area contributed by atoms with Crippen molar-refractivity contribution in [3.05, 3.63) is 41.5 Å². The van der Waals surface area contributed by atoms with Gasteiger partial charge < -0.3 is 0 Å². The Balaban J connectivity index is 2.02. The molecule has 5 heteroatoms. The fourth-order valence-corrected chi connectivity index (χ4v) is 2.35. The van der Waals surface area contributed by atoms with Crippen LogP contribution in [0.4, 0.5) is 0 Å². The van der Waals surface area contributed by atoms with E-state index in [4.69, 9.17) is 0 Å². The van der Waals surface area contributed by atoms with Crippen LogP contribution in [-0.4, -0.2) is 20.2 Å². The largest absolute Gasteiger partial charge is 0.258 e. The first-order valence-electron chi connectivity index (χ1n) is 5.23. The van der Waals surface area contributed by atoms with Crippen molar-refractivity contribution in [2.45, 2.75) is 6.92 Å². The number of hydrogen-bond acceptors (Lipinski definition) is 4.